The van der Waals surface area contributed by atoms with Gasteiger partial charge in [0.05, 0.1) is 24.4 Å². The van der Waals surface area contributed by atoms with Gasteiger partial charge in [-0.2, -0.15) is 0 Å². The van der Waals surface area contributed by atoms with E-state index in [1.54, 1.807) is 11.8 Å². The largest absolute Gasteiger partial charge is 0.466 e. The Morgan fingerprint density at radius 1 is 1.20 bits per heavy atom. The summed E-state index contributed by atoms with van der Waals surface area (Å²) in [4.78, 5) is 21.0. The lowest BCUT2D eigenvalue weighted by Crippen LogP contribution is -2.36. The zero-order valence-electron chi connectivity index (χ0n) is 14.8. The van der Waals surface area contributed by atoms with E-state index in [9.17, 15) is 4.79 Å². The number of hydrogen-bond acceptors (Lipinski definition) is 5. The van der Waals surface area contributed by atoms with Crippen molar-refractivity contribution < 1.29 is 9.53 Å². The van der Waals surface area contributed by atoms with Gasteiger partial charge in [-0.25, -0.2) is 9.79 Å². The summed E-state index contributed by atoms with van der Waals surface area (Å²) in [6.45, 7) is 3.99. The molecule has 5 heteroatoms. The lowest BCUT2D eigenvalue weighted by Gasteiger charge is -2.36. The van der Waals surface area contributed by atoms with Crippen LogP contribution in [0.5, 0.6) is 0 Å². The van der Waals surface area contributed by atoms with Gasteiger partial charge in [-0.05, 0) is 45.1 Å². The van der Waals surface area contributed by atoms with Crippen LogP contribution in [0.25, 0.3) is 0 Å². The molecule has 1 aromatic rings. The third-order valence-corrected chi connectivity index (χ3v) is 6.24. The highest BCUT2D eigenvalue weighted by atomic mass is 32.2. The molecule has 1 aliphatic carbocycles. The molecule has 0 amide bonds. The van der Waals surface area contributed by atoms with Gasteiger partial charge >= 0.3 is 5.97 Å². The molecule has 0 aromatic heterocycles. The Morgan fingerprint density at radius 2 is 1.92 bits per heavy atom. The Kier molecular flexibility index (Phi) is 4.20. The monoisotopic (exact) mass is 354 g/mol. The van der Waals surface area contributed by atoms with Crippen molar-refractivity contribution in [3.05, 3.63) is 57.3 Å². The van der Waals surface area contributed by atoms with Gasteiger partial charge < -0.3 is 9.64 Å². The number of nitrogens with zero attached hydrogens (tertiary/aromatic N) is 2. The van der Waals surface area contributed by atoms with E-state index in [0.717, 1.165) is 29.3 Å². The van der Waals surface area contributed by atoms with Gasteiger partial charge in [0.25, 0.3) is 0 Å². The van der Waals surface area contributed by atoms with Crippen LogP contribution in [0.3, 0.4) is 0 Å². The lowest BCUT2D eigenvalue weighted by atomic mass is 9.92. The van der Waals surface area contributed by atoms with Crippen molar-refractivity contribution in [2.75, 3.05) is 7.11 Å². The van der Waals surface area contributed by atoms with Crippen molar-refractivity contribution in [1.82, 2.24) is 4.90 Å². The third-order valence-electron chi connectivity index (χ3n) is 5.08. The topological polar surface area (TPSA) is 41.9 Å². The summed E-state index contributed by atoms with van der Waals surface area (Å²) in [6, 6.07) is 8.28. The van der Waals surface area contributed by atoms with Crippen LogP contribution in [0.2, 0.25) is 0 Å². The van der Waals surface area contributed by atoms with Crippen LogP contribution in [-0.4, -0.2) is 23.1 Å². The summed E-state index contributed by atoms with van der Waals surface area (Å²) in [6.07, 6.45) is 4.60. The number of aryl methyl sites for hydroxylation is 1. The van der Waals surface area contributed by atoms with Crippen LogP contribution in [0.4, 0.5) is 0 Å². The average molecular weight is 354 g/mol. The second kappa shape index (κ2) is 6.37. The first kappa shape index (κ1) is 16.5. The van der Waals surface area contributed by atoms with Gasteiger partial charge in [-0.1, -0.05) is 41.6 Å². The molecule has 2 aliphatic heterocycles. The number of benzene rings is 1. The van der Waals surface area contributed by atoms with Crippen molar-refractivity contribution in [2.45, 2.75) is 45.6 Å². The molecule has 0 bridgehead atoms. The average Bonchev–Trinajstić information content (AvgIpc) is 2.98. The van der Waals surface area contributed by atoms with Gasteiger partial charge in [-0.15, -0.1) is 0 Å². The molecule has 0 saturated carbocycles. The lowest BCUT2D eigenvalue weighted by molar-refractivity contribution is -0.136. The molecule has 0 saturated heterocycles. The molecule has 0 radical (unpaired) electrons. The van der Waals surface area contributed by atoms with E-state index in [-0.39, 0.29) is 12.0 Å². The Hall–Kier alpha value is -2.01. The molecule has 0 spiro atoms. The Balaban J connectivity index is 1.87. The van der Waals surface area contributed by atoms with Crippen molar-refractivity contribution in [2.24, 2.45) is 4.99 Å². The Labute approximate surface area is 152 Å². The Morgan fingerprint density at radius 3 is 2.64 bits per heavy atom. The molecular formula is C20H22N2O2S. The molecule has 0 N–H and O–H groups in total. The summed E-state index contributed by atoms with van der Waals surface area (Å²) in [7, 11) is 1.44. The minimum atomic E-state index is -0.291. The minimum absolute atomic E-state index is 0.154. The molecular weight excluding hydrogens is 332 g/mol. The number of fused-ring (bicyclic) bond motifs is 2. The highest BCUT2D eigenvalue weighted by molar-refractivity contribution is 8.17. The number of esters is 1. The highest BCUT2D eigenvalue weighted by Crippen LogP contribution is 2.50. The summed E-state index contributed by atoms with van der Waals surface area (Å²) in [5.41, 5.74) is 5.07. The summed E-state index contributed by atoms with van der Waals surface area (Å²) in [5, 5.41) is 1.00. The molecule has 130 valence electrons. The van der Waals surface area contributed by atoms with Crippen LogP contribution >= 0.6 is 11.8 Å². The van der Waals surface area contributed by atoms with E-state index >= 15 is 0 Å². The van der Waals surface area contributed by atoms with Crippen LogP contribution in [-0.2, 0) is 9.53 Å². The van der Waals surface area contributed by atoms with Gasteiger partial charge in [0.1, 0.15) is 0 Å². The van der Waals surface area contributed by atoms with Crippen LogP contribution in [0, 0.1) is 6.92 Å². The number of carbonyl (C=O) groups excluding carboxylic acids is 1. The SMILES string of the molecule is COC(=O)C1=C(C)N=C2SC3=C(CCCC3)N2[C@H]1c1ccc(C)cc1. The van der Waals surface area contributed by atoms with E-state index < -0.39 is 0 Å². The fourth-order valence-electron chi connectivity index (χ4n) is 3.81. The summed E-state index contributed by atoms with van der Waals surface area (Å²) >= 11 is 1.77. The van der Waals surface area contributed by atoms with E-state index in [4.69, 9.17) is 9.73 Å². The molecule has 4 nitrogen and oxygen atoms in total. The quantitative estimate of drug-likeness (QED) is 0.723. The first-order chi connectivity index (χ1) is 12.1. The molecule has 25 heavy (non-hydrogen) atoms. The van der Waals surface area contributed by atoms with E-state index in [0.29, 0.717) is 5.57 Å². The van der Waals surface area contributed by atoms with Crippen molar-refractivity contribution in [3.63, 3.8) is 0 Å². The number of methoxy groups -OCH3 is 1. The Bertz CT molecular complexity index is 821. The van der Waals surface area contributed by atoms with Gasteiger partial charge in [-0.3, -0.25) is 0 Å². The highest BCUT2D eigenvalue weighted by Gasteiger charge is 2.43. The van der Waals surface area contributed by atoms with Crippen LogP contribution in [0.1, 0.15) is 49.8 Å². The molecule has 0 fully saturated rings. The maximum Gasteiger partial charge on any atom is 0.338 e. The maximum atomic E-state index is 12.6. The molecule has 4 rings (SSSR count). The summed E-state index contributed by atoms with van der Waals surface area (Å²) < 4.78 is 5.10. The van der Waals surface area contributed by atoms with E-state index in [2.05, 4.69) is 36.1 Å². The zero-order chi connectivity index (χ0) is 17.6. The fraction of sp³-hybridized carbons (Fsp3) is 0.400. The number of allylic oxidation sites excluding steroid dienone is 3. The zero-order valence-corrected chi connectivity index (χ0v) is 15.7. The number of rotatable bonds is 2. The van der Waals surface area contributed by atoms with Gasteiger partial charge in [0, 0.05) is 10.6 Å². The molecule has 0 unspecified atom stereocenters. The first-order valence-corrected chi connectivity index (χ1v) is 9.55. The summed E-state index contributed by atoms with van der Waals surface area (Å²) in [5.74, 6) is -0.291. The molecule has 1 aromatic carbocycles. The van der Waals surface area contributed by atoms with Crippen molar-refractivity contribution in [1.29, 1.82) is 0 Å². The predicted octanol–water partition coefficient (Wildman–Crippen LogP) is 4.69. The second-order valence-corrected chi connectivity index (χ2v) is 7.81. The normalized spacial score (nSPS) is 22.6. The number of ether oxygens (including phenoxy) is 1. The molecule has 1 atom stereocenters. The smallest absolute Gasteiger partial charge is 0.338 e. The van der Waals surface area contributed by atoms with Crippen LogP contribution < -0.4 is 0 Å². The first-order valence-electron chi connectivity index (χ1n) is 8.73. The molecule has 3 aliphatic rings. The number of amidine groups is 1. The van der Waals surface area contributed by atoms with Gasteiger partial charge in [0.2, 0.25) is 0 Å². The minimum Gasteiger partial charge on any atom is -0.466 e. The van der Waals surface area contributed by atoms with E-state index in [1.165, 1.54) is 36.1 Å². The fourth-order valence-corrected chi connectivity index (χ4v) is 5.09. The number of thioether (sulfide) groups is 1. The van der Waals surface area contributed by atoms with Crippen LogP contribution in [0.15, 0.2) is 51.1 Å². The predicted molar refractivity (Wildman–Crippen MR) is 101 cm³/mol. The number of carbonyl (C=O) groups is 1. The standard InChI is InChI=1S/C20H22N2O2S/c1-12-8-10-14(11-9-12)18-17(19(23)24-3)13(2)21-20-22(18)15-6-4-5-7-16(15)25-20/h8-11,18H,4-7H2,1-3H3/t18-/m0/s1. The second-order valence-electron chi connectivity index (χ2n) is 6.75. The number of aliphatic imine (C=N–C) groups is 1. The molecule has 2 heterocycles. The van der Waals surface area contributed by atoms with Gasteiger partial charge in [0.15, 0.2) is 5.17 Å². The van der Waals surface area contributed by atoms with Crippen molar-refractivity contribution >= 4 is 22.9 Å². The van der Waals surface area contributed by atoms with E-state index in [1.807, 2.05) is 6.92 Å². The third kappa shape index (κ3) is 2.71. The number of hydrogen-bond donors (Lipinski definition) is 0. The van der Waals surface area contributed by atoms with Crippen molar-refractivity contribution in [3.8, 4) is 0 Å². The maximum absolute atomic E-state index is 12.6.